The van der Waals surface area contributed by atoms with Crippen molar-refractivity contribution in [1.29, 1.82) is 0 Å². The van der Waals surface area contributed by atoms with Gasteiger partial charge in [-0.15, -0.1) is 0 Å². The number of imidazole rings is 1. The van der Waals surface area contributed by atoms with Gasteiger partial charge in [-0.2, -0.15) is 0 Å². The Labute approximate surface area is 187 Å². The molecule has 5 rings (SSSR count). The van der Waals surface area contributed by atoms with Crippen LogP contribution in [0.4, 0.5) is 5.69 Å². The highest BCUT2D eigenvalue weighted by Gasteiger charge is 2.27. The summed E-state index contributed by atoms with van der Waals surface area (Å²) in [5.41, 5.74) is 4.02. The van der Waals surface area contributed by atoms with Crippen LogP contribution in [0.5, 0.6) is 0 Å². The SMILES string of the molecule is CCc1nc(C)cn2cc(-c3cc4ccc(N5CC(C)N(C)C(C)C5)cc4c(=O)o3)nc12. The highest BCUT2D eigenvalue weighted by molar-refractivity contribution is 5.87. The van der Waals surface area contributed by atoms with Crippen LogP contribution in [-0.2, 0) is 6.42 Å². The van der Waals surface area contributed by atoms with Crippen molar-refractivity contribution in [2.45, 2.75) is 46.2 Å². The standard InChI is InChI=1S/C25H29N5O2/c1-6-21-24-27-22(14-30(24)11-15(2)26-21)23-9-18-7-8-19(10-20(18)25(31)32-23)29-12-16(3)28(5)17(4)13-29/h7-11,14,16-17H,6,12-13H2,1-5H3. The van der Waals surface area contributed by atoms with Gasteiger partial charge in [0.2, 0.25) is 0 Å². The number of hydrogen-bond donors (Lipinski definition) is 0. The molecule has 2 unspecified atom stereocenters. The number of rotatable bonds is 3. The smallest absolute Gasteiger partial charge is 0.344 e. The summed E-state index contributed by atoms with van der Waals surface area (Å²) in [5.74, 6) is 0.473. The topological polar surface area (TPSA) is 66.9 Å². The van der Waals surface area contributed by atoms with Crippen LogP contribution in [0.25, 0.3) is 27.9 Å². The van der Waals surface area contributed by atoms with E-state index in [-0.39, 0.29) is 5.63 Å². The molecule has 0 saturated carbocycles. The van der Waals surface area contributed by atoms with Crippen LogP contribution in [0.3, 0.4) is 0 Å². The summed E-state index contributed by atoms with van der Waals surface area (Å²) in [6, 6.07) is 8.88. The lowest BCUT2D eigenvalue weighted by Gasteiger charge is -2.43. The number of aryl methyl sites for hydroxylation is 2. The second kappa shape index (κ2) is 7.74. The molecule has 0 aliphatic carbocycles. The fourth-order valence-electron chi connectivity index (χ4n) is 4.67. The second-order valence-corrected chi connectivity index (χ2v) is 8.98. The van der Waals surface area contributed by atoms with E-state index in [0.717, 1.165) is 47.6 Å². The maximum Gasteiger partial charge on any atom is 0.344 e. The van der Waals surface area contributed by atoms with Crippen LogP contribution < -0.4 is 10.5 Å². The van der Waals surface area contributed by atoms with Gasteiger partial charge in [0, 0.05) is 43.3 Å². The fourth-order valence-corrected chi connectivity index (χ4v) is 4.67. The van der Waals surface area contributed by atoms with Crippen molar-refractivity contribution in [2.24, 2.45) is 0 Å². The third kappa shape index (κ3) is 3.46. The van der Waals surface area contributed by atoms with Crippen LogP contribution >= 0.6 is 0 Å². The number of piperazine rings is 1. The predicted molar refractivity (Wildman–Crippen MR) is 127 cm³/mol. The van der Waals surface area contributed by atoms with Gasteiger partial charge in [0.25, 0.3) is 0 Å². The number of anilines is 1. The Morgan fingerprint density at radius 1 is 1.09 bits per heavy atom. The number of likely N-dealkylation sites (N-methyl/N-ethyl adjacent to an activating group) is 1. The van der Waals surface area contributed by atoms with Crippen molar-refractivity contribution in [1.82, 2.24) is 19.3 Å². The average Bonchev–Trinajstić information content (AvgIpc) is 3.20. The monoisotopic (exact) mass is 431 g/mol. The zero-order chi connectivity index (χ0) is 22.6. The quantitative estimate of drug-likeness (QED) is 0.490. The first-order chi connectivity index (χ1) is 15.3. The maximum atomic E-state index is 12.9. The molecule has 2 atom stereocenters. The summed E-state index contributed by atoms with van der Waals surface area (Å²) in [5, 5.41) is 1.46. The molecule has 1 aliphatic rings. The molecule has 1 aromatic carbocycles. The number of fused-ring (bicyclic) bond motifs is 2. The Kier molecular flexibility index (Phi) is 5.01. The lowest BCUT2D eigenvalue weighted by Crippen LogP contribution is -2.55. The minimum absolute atomic E-state index is 0.336. The lowest BCUT2D eigenvalue weighted by molar-refractivity contribution is 0.170. The summed E-state index contributed by atoms with van der Waals surface area (Å²) in [6.45, 7) is 10.4. The molecule has 7 nitrogen and oxygen atoms in total. The Balaban J connectivity index is 1.54. The molecule has 7 heteroatoms. The van der Waals surface area contributed by atoms with Gasteiger partial charge in [0.05, 0.1) is 16.8 Å². The van der Waals surface area contributed by atoms with E-state index in [9.17, 15) is 4.79 Å². The molecule has 0 N–H and O–H groups in total. The number of aromatic nitrogens is 3. The van der Waals surface area contributed by atoms with Crippen LogP contribution in [0, 0.1) is 6.92 Å². The lowest BCUT2D eigenvalue weighted by atomic mass is 10.1. The molecule has 1 saturated heterocycles. The molecule has 0 amide bonds. The van der Waals surface area contributed by atoms with Crippen LogP contribution in [0.2, 0.25) is 0 Å². The normalized spacial score (nSPS) is 19.8. The summed E-state index contributed by atoms with van der Waals surface area (Å²) < 4.78 is 7.69. The van der Waals surface area contributed by atoms with Gasteiger partial charge in [0.15, 0.2) is 11.4 Å². The van der Waals surface area contributed by atoms with E-state index < -0.39 is 0 Å². The Bertz CT molecular complexity index is 1360. The molecular formula is C25H29N5O2. The van der Waals surface area contributed by atoms with Crippen molar-refractivity contribution < 1.29 is 4.42 Å². The summed E-state index contributed by atoms with van der Waals surface area (Å²) in [4.78, 5) is 27.0. The van der Waals surface area contributed by atoms with E-state index in [4.69, 9.17) is 9.40 Å². The van der Waals surface area contributed by atoms with Gasteiger partial charge in [-0.05, 0) is 57.8 Å². The maximum absolute atomic E-state index is 12.9. The Morgan fingerprint density at radius 2 is 1.84 bits per heavy atom. The minimum atomic E-state index is -0.336. The first-order valence-corrected chi connectivity index (χ1v) is 11.2. The van der Waals surface area contributed by atoms with Crippen molar-refractivity contribution in [3.8, 4) is 11.5 Å². The third-order valence-electron chi connectivity index (χ3n) is 6.69. The van der Waals surface area contributed by atoms with E-state index in [2.05, 4.69) is 48.7 Å². The first kappa shape index (κ1) is 20.7. The molecule has 1 fully saturated rings. The van der Waals surface area contributed by atoms with E-state index in [0.29, 0.717) is 28.9 Å². The van der Waals surface area contributed by atoms with E-state index >= 15 is 0 Å². The molecule has 4 heterocycles. The van der Waals surface area contributed by atoms with Gasteiger partial charge in [-0.1, -0.05) is 13.0 Å². The molecule has 3 aromatic heterocycles. The van der Waals surface area contributed by atoms with Gasteiger partial charge in [-0.3, -0.25) is 9.88 Å². The molecule has 166 valence electrons. The largest absolute Gasteiger partial charge is 0.421 e. The average molecular weight is 432 g/mol. The minimum Gasteiger partial charge on any atom is -0.421 e. The van der Waals surface area contributed by atoms with Crippen molar-refractivity contribution in [2.75, 3.05) is 25.0 Å². The van der Waals surface area contributed by atoms with Gasteiger partial charge in [0.1, 0.15) is 5.69 Å². The summed E-state index contributed by atoms with van der Waals surface area (Å²) in [7, 11) is 2.17. The number of nitrogens with zero attached hydrogens (tertiary/aromatic N) is 5. The Morgan fingerprint density at radius 3 is 2.56 bits per heavy atom. The Hall–Kier alpha value is -3.19. The highest BCUT2D eigenvalue weighted by Crippen LogP contribution is 2.27. The molecule has 32 heavy (non-hydrogen) atoms. The highest BCUT2D eigenvalue weighted by atomic mass is 16.4. The summed E-state index contributed by atoms with van der Waals surface area (Å²) in [6.07, 6.45) is 4.62. The van der Waals surface area contributed by atoms with Crippen LogP contribution in [0.1, 0.15) is 32.2 Å². The van der Waals surface area contributed by atoms with Crippen molar-refractivity contribution >= 4 is 22.1 Å². The molecular weight excluding hydrogens is 402 g/mol. The van der Waals surface area contributed by atoms with Crippen LogP contribution in [-0.4, -0.2) is 51.5 Å². The van der Waals surface area contributed by atoms with Gasteiger partial charge in [-0.25, -0.2) is 9.78 Å². The predicted octanol–water partition coefficient (Wildman–Crippen LogP) is 3.90. The van der Waals surface area contributed by atoms with Crippen LogP contribution in [0.15, 0.2) is 45.9 Å². The first-order valence-electron chi connectivity index (χ1n) is 11.2. The molecule has 4 aromatic rings. The molecule has 0 spiro atoms. The zero-order valence-electron chi connectivity index (χ0n) is 19.3. The van der Waals surface area contributed by atoms with Crippen molar-refractivity contribution in [3.05, 3.63) is 58.5 Å². The summed E-state index contributed by atoms with van der Waals surface area (Å²) >= 11 is 0. The van der Waals surface area contributed by atoms with E-state index in [1.807, 2.05) is 41.9 Å². The fraction of sp³-hybridized carbons (Fsp3) is 0.400. The molecule has 1 aliphatic heterocycles. The number of hydrogen-bond acceptors (Lipinski definition) is 6. The van der Waals surface area contributed by atoms with E-state index in [1.54, 1.807) is 0 Å². The molecule has 0 radical (unpaired) electrons. The van der Waals surface area contributed by atoms with Crippen molar-refractivity contribution in [3.63, 3.8) is 0 Å². The van der Waals surface area contributed by atoms with Gasteiger partial charge < -0.3 is 13.7 Å². The van der Waals surface area contributed by atoms with Gasteiger partial charge >= 0.3 is 5.63 Å². The van der Waals surface area contributed by atoms with E-state index in [1.165, 1.54) is 0 Å². The zero-order valence-corrected chi connectivity index (χ0v) is 19.3. The second-order valence-electron chi connectivity index (χ2n) is 8.98. The third-order valence-corrected chi connectivity index (χ3v) is 6.69. The number of benzene rings is 1. The molecule has 0 bridgehead atoms.